The predicted octanol–water partition coefficient (Wildman–Crippen LogP) is 1.75. The zero-order chi connectivity index (χ0) is 14.8. The summed E-state index contributed by atoms with van der Waals surface area (Å²) in [7, 11) is 0. The molecule has 4 heteroatoms. The van der Waals surface area contributed by atoms with E-state index in [2.05, 4.69) is 53.6 Å². The summed E-state index contributed by atoms with van der Waals surface area (Å²) in [5, 5.41) is 5.91. The quantitative estimate of drug-likeness (QED) is 0.723. The van der Waals surface area contributed by atoms with E-state index < -0.39 is 0 Å². The SMILES string of the molecule is CCNCC(=O)NCc1ccc(CN(CC)CC)cc1. The topological polar surface area (TPSA) is 44.4 Å². The number of benzene rings is 1. The highest BCUT2D eigenvalue weighted by Gasteiger charge is 2.02. The molecule has 112 valence electrons. The Morgan fingerprint density at radius 1 is 1.05 bits per heavy atom. The van der Waals surface area contributed by atoms with Gasteiger partial charge < -0.3 is 10.6 Å². The summed E-state index contributed by atoms with van der Waals surface area (Å²) in [6.45, 7) is 11.3. The maximum atomic E-state index is 11.5. The van der Waals surface area contributed by atoms with E-state index >= 15 is 0 Å². The van der Waals surface area contributed by atoms with Gasteiger partial charge >= 0.3 is 0 Å². The minimum atomic E-state index is 0.0408. The molecule has 0 aromatic heterocycles. The lowest BCUT2D eigenvalue weighted by molar-refractivity contribution is -0.120. The molecule has 0 saturated carbocycles. The van der Waals surface area contributed by atoms with Crippen LogP contribution in [0.5, 0.6) is 0 Å². The van der Waals surface area contributed by atoms with E-state index in [-0.39, 0.29) is 5.91 Å². The molecule has 0 aliphatic rings. The second-order valence-corrected chi connectivity index (χ2v) is 4.83. The molecule has 0 unspecified atom stereocenters. The summed E-state index contributed by atoms with van der Waals surface area (Å²) in [4.78, 5) is 13.9. The van der Waals surface area contributed by atoms with Crippen LogP contribution in [0.1, 0.15) is 31.9 Å². The molecular formula is C16H27N3O. The molecule has 0 bridgehead atoms. The van der Waals surface area contributed by atoms with Gasteiger partial charge in [-0.3, -0.25) is 9.69 Å². The largest absolute Gasteiger partial charge is 0.351 e. The molecule has 1 aromatic carbocycles. The van der Waals surface area contributed by atoms with Crippen molar-refractivity contribution in [1.29, 1.82) is 0 Å². The van der Waals surface area contributed by atoms with Gasteiger partial charge in [0.2, 0.25) is 5.91 Å². The maximum Gasteiger partial charge on any atom is 0.234 e. The smallest absolute Gasteiger partial charge is 0.234 e. The molecular weight excluding hydrogens is 250 g/mol. The van der Waals surface area contributed by atoms with Crippen molar-refractivity contribution in [2.45, 2.75) is 33.9 Å². The third-order valence-corrected chi connectivity index (χ3v) is 3.35. The van der Waals surface area contributed by atoms with E-state index in [0.29, 0.717) is 13.1 Å². The van der Waals surface area contributed by atoms with E-state index in [4.69, 9.17) is 0 Å². The number of carbonyl (C=O) groups is 1. The molecule has 1 rings (SSSR count). The Kier molecular flexibility index (Phi) is 7.92. The lowest BCUT2D eigenvalue weighted by Gasteiger charge is -2.18. The second-order valence-electron chi connectivity index (χ2n) is 4.83. The average Bonchev–Trinajstić information content (AvgIpc) is 2.49. The molecule has 20 heavy (non-hydrogen) atoms. The maximum absolute atomic E-state index is 11.5. The van der Waals surface area contributed by atoms with Crippen LogP contribution in [-0.4, -0.2) is 37.0 Å². The molecule has 0 radical (unpaired) electrons. The molecule has 0 atom stereocenters. The van der Waals surface area contributed by atoms with Crippen LogP contribution in [0.25, 0.3) is 0 Å². The molecule has 1 aromatic rings. The summed E-state index contributed by atoms with van der Waals surface area (Å²) >= 11 is 0. The van der Waals surface area contributed by atoms with Gasteiger partial charge in [0.05, 0.1) is 6.54 Å². The summed E-state index contributed by atoms with van der Waals surface area (Å²) in [6.07, 6.45) is 0. The Hall–Kier alpha value is -1.39. The fraction of sp³-hybridized carbons (Fsp3) is 0.562. The Balaban J connectivity index is 2.40. The summed E-state index contributed by atoms with van der Waals surface area (Å²) in [5.74, 6) is 0.0408. The van der Waals surface area contributed by atoms with Gasteiger partial charge in [0, 0.05) is 13.1 Å². The first-order valence-corrected chi connectivity index (χ1v) is 7.47. The zero-order valence-corrected chi connectivity index (χ0v) is 12.9. The standard InChI is InChI=1S/C16H27N3O/c1-4-17-12-16(20)18-11-14-7-9-15(10-8-14)13-19(5-2)6-3/h7-10,17H,4-6,11-13H2,1-3H3,(H,18,20). The molecule has 0 aliphatic carbocycles. The molecule has 0 heterocycles. The van der Waals surface area contributed by atoms with Crippen molar-refractivity contribution in [3.63, 3.8) is 0 Å². The average molecular weight is 277 g/mol. The van der Waals surface area contributed by atoms with Gasteiger partial charge in [-0.1, -0.05) is 45.0 Å². The van der Waals surface area contributed by atoms with Gasteiger partial charge in [0.1, 0.15) is 0 Å². The van der Waals surface area contributed by atoms with E-state index in [1.165, 1.54) is 5.56 Å². The normalized spacial score (nSPS) is 10.8. The van der Waals surface area contributed by atoms with Crippen LogP contribution in [-0.2, 0) is 17.9 Å². The van der Waals surface area contributed by atoms with E-state index in [9.17, 15) is 4.79 Å². The van der Waals surface area contributed by atoms with Gasteiger partial charge in [-0.05, 0) is 30.8 Å². The number of carbonyl (C=O) groups excluding carboxylic acids is 1. The molecule has 1 amide bonds. The third-order valence-electron chi connectivity index (χ3n) is 3.35. The van der Waals surface area contributed by atoms with Crippen molar-refractivity contribution in [3.05, 3.63) is 35.4 Å². The van der Waals surface area contributed by atoms with Crippen molar-refractivity contribution in [3.8, 4) is 0 Å². The first-order chi connectivity index (χ1) is 9.69. The third kappa shape index (κ3) is 6.17. The van der Waals surface area contributed by atoms with Crippen LogP contribution < -0.4 is 10.6 Å². The fourth-order valence-electron chi connectivity index (χ4n) is 1.97. The molecule has 0 fully saturated rings. The highest BCUT2D eigenvalue weighted by atomic mass is 16.1. The minimum absolute atomic E-state index is 0.0408. The molecule has 4 nitrogen and oxygen atoms in total. The first-order valence-electron chi connectivity index (χ1n) is 7.47. The lowest BCUT2D eigenvalue weighted by atomic mass is 10.1. The lowest BCUT2D eigenvalue weighted by Crippen LogP contribution is -2.33. The molecule has 0 saturated heterocycles. The Bertz CT molecular complexity index is 385. The number of likely N-dealkylation sites (N-methyl/N-ethyl adjacent to an activating group) is 1. The number of hydrogen-bond acceptors (Lipinski definition) is 3. The monoisotopic (exact) mass is 277 g/mol. The predicted molar refractivity (Wildman–Crippen MR) is 83.5 cm³/mol. The first kappa shape index (κ1) is 16.7. The second kappa shape index (κ2) is 9.50. The Labute approximate surface area is 122 Å². The van der Waals surface area contributed by atoms with Crippen LogP contribution in [0.4, 0.5) is 0 Å². The zero-order valence-electron chi connectivity index (χ0n) is 12.9. The molecule has 0 aliphatic heterocycles. The van der Waals surface area contributed by atoms with Gasteiger partial charge in [-0.15, -0.1) is 0 Å². The summed E-state index contributed by atoms with van der Waals surface area (Å²) < 4.78 is 0. The highest BCUT2D eigenvalue weighted by molar-refractivity contribution is 5.77. The number of rotatable bonds is 9. The Morgan fingerprint density at radius 2 is 1.65 bits per heavy atom. The van der Waals surface area contributed by atoms with Gasteiger partial charge in [-0.2, -0.15) is 0 Å². The van der Waals surface area contributed by atoms with Gasteiger partial charge in [0.15, 0.2) is 0 Å². The molecule has 0 spiro atoms. The van der Waals surface area contributed by atoms with Crippen LogP contribution in [0.2, 0.25) is 0 Å². The van der Waals surface area contributed by atoms with Crippen LogP contribution in [0.3, 0.4) is 0 Å². The van der Waals surface area contributed by atoms with Gasteiger partial charge in [0.25, 0.3) is 0 Å². The van der Waals surface area contributed by atoms with E-state index in [1.54, 1.807) is 0 Å². The van der Waals surface area contributed by atoms with Crippen molar-refractivity contribution < 1.29 is 4.79 Å². The highest BCUT2D eigenvalue weighted by Crippen LogP contribution is 2.07. The summed E-state index contributed by atoms with van der Waals surface area (Å²) in [5.41, 5.74) is 2.45. The van der Waals surface area contributed by atoms with Gasteiger partial charge in [-0.25, -0.2) is 0 Å². The molecule has 2 N–H and O–H groups in total. The van der Waals surface area contributed by atoms with Crippen LogP contribution in [0.15, 0.2) is 24.3 Å². The van der Waals surface area contributed by atoms with Crippen molar-refractivity contribution >= 4 is 5.91 Å². The number of amides is 1. The van der Waals surface area contributed by atoms with E-state index in [0.717, 1.165) is 31.7 Å². The van der Waals surface area contributed by atoms with Crippen molar-refractivity contribution in [1.82, 2.24) is 15.5 Å². The van der Waals surface area contributed by atoms with Crippen LogP contribution in [0, 0.1) is 0 Å². The number of hydrogen-bond donors (Lipinski definition) is 2. The van der Waals surface area contributed by atoms with Crippen LogP contribution >= 0.6 is 0 Å². The van der Waals surface area contributed by atoms with E-state index in [1.807, 2.05) is 6.92 Å². The number of nitrogens with zero attached hydrogens (tertiary/aromatic N) is 1. The number of nitrogens with one attached hydrogen (secondary N) is 2. The van der Waals surface area contributed by atoms with Crippen molar-refractivity contribution in [2.75, 3.05) is 26.2 Å². The summed E-state index contributed by atoms with van der Waals surface area (Å²) in [6, 6.07) is 8.47. The fourth-order valence-corrected chi connectivity index (χ4v) is 1.97. The van der Waals surface area contributed by atoms with Crippen molar-refractivity contribution in [2.24, 2.45) is 0 Å². The minimum Gasteiger partial charge on any atom is -0.351 e. The Morgan fingerprint density at radius 3 is 2.20 bits per heavy atom.